The summed E-state index contributed by atoms with van der Waals surface area (Å²) in [5, 5.41) is 24.4. The zero-order valence-corrected chi connectivity index (χ0v) is 27.7. The molecular formula is C33H35Cl2F2N9. The van der Waals surface area contributed by atoms with E-state index < -0.39 is 12.0 Å². The third kappa shape index (κ3) is 5.07. The zero-order valence-electron chi connectivity index (χ0n) is 26.2. The molecule has 0 bridgehead atoms. The molecule has 5 heterocycles. The molecule has 13 heteroatoms. The Kier molecular flexibility index (Phi) is 8.04. The monoisotopic (exact) mass is 665 g/mol. The quantitative estimate of drug-likeness (QED) is 0.202. The number of likely N-dealkylation sites (N-methyl/N-ethyl adjacent to an activating group) is 1. The van der Waals surface area contributed by atoms with Crippen molar-refractivity contribution in [2.45, 2.75) is 57.4 Å². The summed E-state index contributed by atoms with van der Waals surface area (Å²) in [7, 11) is 4.10. The highest BCUT2D eigenvalue weighted by Crippen LogP contribution is 2.45. The van der Waals surface area contributed by atoms with Crippen molar-refractivity contribution >= 4 is 61.7 Å². The molecule has 46 heavy (non-hydrogen) atoms. The van der Waals surface area contributed by atoms with Gasteiger partial charge in [-0.15, -0.1) is 0 Å². The fraction of sp³-hybridized carbons (Fsp3) is 0.455. The van der Waals surface area contributed by atoms with Gasteiger partial charge in [0.25, 0.3) is 0 Å². The second-order valence-corrected chi connectivity index (χ2v) is 13.7. The predicted octanol–water partition coefficient (Wildman–Crippen LogP) is 6.91. The molecule has 5 aromatic rings. The number of hydrogen-bond donors (Lipinski definition) is 1. The summed E-state index contributed by atoms with van der Waals surface area (Å²) in [5.41, 5.74) is 3.12. The molecule has 0 saturated carbocycles. The average molecular weight is 667 g/mol. The van der Waals surface area contributed by atoms with E-state index in [2.05, 4.69) is 45.1 Å². The minimum atomic E-state index is -0.992. The minimum Gasteiger partial charge on any atom is -0.353 e. The molecular weight excluding hydrogens is 631 g/mol. The summed E-state index contributed by atoms with van der Waals surface area (Å²) in [5.74, 6) is 0.137. The molecule has 2 saturated heterocycles. The van der Waals surface area contributed by atoms with Crippen LogP contribution in [0.1, 0.15) is 37.8 Å². The van der Waals surface area contributed by atoms with Crippen LogP contribution in [0.25, 0.3) is 43.8 Å². The molecule has 0 amide bonds. The number of halogens is 4. The van der Waals surface area contributed by atoms with Gasteiger partial charge >= 0.3 is 0 Å². The molecule has 3 aromatic heterocycles. The van der Waals surface area contributed by atoms with E-state index in [4.69, 9.17) is 33.3 Å². The van der Waals surface area contributed by atoms with E-state index in [0.29, 0.717) is 70.1 Å². The highest BCUT2D eigenvalue weighted by molar-refractivity contribution is 6.36. The van der Waals surface area contributed by atoms with Gasteiger partial charge in [-0.2, -0.15) is 15.5 Å². The van der Waals surface area contributed by atoms with Gasteiger partial charge in [0.2, 0.25) is 0 Å². The Labute approximate surface area is 275 Å². The third-order valence-electron chi connectivity index (χ3n) is 9.76. The lowest BCUT2D eigenvalue weighted by molar-refractivity contribution is 0.0892. The molecule has 2 fully saturated rings. The van der Waals surface area contributed by atoms with Gasteiger partial charge in [0, 0.05) is 65.2 Å². The number of aromatic nitrogens is 5. The van der Waals surface area contributed by atoms with Crippen molar-refractivity contribution in [1.29, 1.82) is 5.26 Å². The lowest BCUT2D eigenvalue weighted by Gasteiger charge is -2.43. The topological polar surface area (TPSA) is 92.9 Å². The van der Waals surface area contributed by atoms with E-state index in [9.17, 15) is 9.65 Å². The number of likely N-dealkylation sites (tertiary alicyclic amines) is 1. The number of nitrogens with zero attached hydrogens (tertiary/aromatic N) is 8. The molecule has 0 aliphatic carbocycles. The van der Waals surface area contributed by atoms with Gasteiger partial charge in [-0.3, -0.25) is 14.7 Å². The van der Waals surface area contributed by atoms with Crippen molar-refractivity contribution in [3.63, 3.8) is 0 Å². The van der Waals surface area contributed by atoms with Crippen LogP contribution in [0.15, 0.2) is 24.5 Å². The van der Waals surface area contributed by atoms with Crippen molar-refractivity contribution in [3.8, 4) is 17.2 Å². The van der Waals surface area contributed by atoms with Gasteiger partial charge in [0.05, 0.1) is 52.4 Å². The summed E-state index contributed by atoms with van der Waals surface area (Å²) >= 11 is 13.6. The lowest BCUT2D eigenvalue weighted by atomic mass is 9.93. The summed E-state index contributed by atoms with van der Waals surface area (Å²) in [6.45, 7) is 5.81. The van der Waals surface area contributed by atoms with Crippen LogP contribution in [0.4, 0.5) is 14.6 Å². The summed E-state index contributed by atoms with van der Waals surface area (Å²) < 4.78 is 33.1. The number of aromatic amines is 1. The number of pyridine rings is 1. The maximum absolute atomic E-state index is 17.1. The summed E-state index contributed by atoms with van der Waals surface area (Å²) in [4.78, 5) is 11.4. The van der Waals surface area contributed by atoms with Crippen LogP contribution in [0.5, 0.6) is 0 Å². The predicted molar refractivity (Wildman–Crippen MR) is 179 cm³/mol. The number of anilines is 1. The molecule has 240 valence electrons. The van der Waals surface area contributed by atoms with Crippen molar-refractivity contribution in [1.82, 2.24) is 34.8 Å². The molecule has 2 aromatic carbocycles. The molecule has 0 radical (unpaired) electrons. The highest BCUT2D eigenvalue weighted by atomic mass is 35.5. The van der Waals surface area contributed by atoms with Gasteiger partial charge in [-0.05, 0) is 58.5 Å². The van der Waals surface area contributed by atoms with Crippen LogP contribution in [0.2, 0.25) is 10.0 Å². The van der Waals surface area contributed by atoms with Crippen LogP contribution in [0, 0.1) is 24.1 Å². The fourth-order valence-electron chi connectivity index (χ4n) is 7.23. The maximum Gasteiger partial charge on any atom is 0.158 e. The molecule has 1 unspecified atom stereocenters. The average Bonchev–Trinajstić information content (AvgIpc) is 3.63. The number of nitriles is 1. The Morgan fingerprint density at radius 2 is 1.91 bits per heavy atom. The Hall–Kier alpha value is -3.56. The fourth-order valence-corrected chi connectivity index (χ4v) is 7.72. The van der Waals surface area contributed by atoms with E-state index in [-0.39, 0.29) is 34.7 Å². The van der Waals surface area contributed by atoms with Crippen LogP contribution in [-0.2, 0) is 0 Å². The van der Waals surface area contributed by atoms with Crippen LogP contribution >= 0.6 is 23.2 Å². The summed E-state index contributed by atoms with van der Waals surface area (Å²) in [6, 6.07) is 6.01. The van der Waals surface area contributed by atoms with Crippen LogP contribution < -0.4 is 4.90 Å². The molecule has 2 aliphatic heterocycles. The number of alkyl halides is 1. The first-order chi connectivity index (χ1) is 22.1. The highest BCUT2D eigenvalue weighted by Gasteiger charge is 2.35. The maximum atomic E-state index is 17.1. The molecule has 1 N–H and O–H groups in total. The standard InChI is InChI=1S/C33H35Cl2F2N9/c1-17(36)14-44-8-6-20(9-19(44)5-7-38)46-32-22-10-26(35)29(28-18(2)25(34)11-27-23(28)12-39-42-27)30(37)31(22)41-33(24(32)13-40-46)45-15-21(16-45)43(3)4/h10-13,17,19-21H,5-6,8-9,14-16H2,1-4H3,(H,39,42)/t17?,19-,20+/m1/s1. The number of fused-ring (bicyclic) bond motifs is 4. The molecule has 3 atom stereocenters. The SMILES string of the molecule is Cc1c(Cl)cc2[nH]ncc2c1-c1c(Cl)cc2c(nc(N3CC(N(C)C)C3)c3cnn([C@H]4CCN(CC(C)F)[C@H](CC#N)C4)c32)c1F. The van der Waals surface area contributed by atoms with Gasteiger partial charge in [0.15, 0.2) is 5.82 Å². The normalized spacial score (nSPS) is 20.2. The van der Waals surface area contributed by atoms with Crippen molar-refractivity contribution in [3.05, 3.63) is 46.0 Å². The van der Waals surface area contributed by atoms with E-state index in [0.717, 1.165) is 24.0 Å². The van der Waals surface area contributed by atoms with Crippen molar-refractivity contribution in [2.75, 3.05) is 45.2 Å². The number of rotatable bonds is 7. The number of benzene rings is 2. The first-order valence-corrected chi connectivity index (χ1v) is 16.3. The number of H-pyrrole nitrogens is 1. The van der Waals surface area contributed by atoms with Gasteiger partial charge in [0.1, 0.15) is 17.5 Å². The summed E-state index contributed by atoms with van der Waals surface area (Å²) in [6.07, 6.45) is 4.10. The Bertz CT molecular complexity index is 2010. The minimum absolute atomic E-state index is 0.0753. The van der Waals surface area contributed by atoms with Gasteiger partial charge < -0.3 is 9.80 Å². The molecule has 9 nitrogen and oxygen atoms in total. The van der Waals surface area contributed by atoms with E-state index in [1.807, 2.05) is 17.8 Å². The van der Waals surface area contributed by atoms with Crippen LogP contribution in [0.3, 0.4) is 0 Å². The van der Waals surface area contributed by atoms with Crippen molar-refractivity contribution in [2.24, 2.45) is 0 Å². The van der Waals surface area contributed by atoms with E-state index >= 15 is 4.39 Å². The van der Waals surface area contributed by atoms with Gasteiger partial charge in [-0.1, -0.05) is 23.2 Å². The third-order valence-corrected chi connectivity index (χ3v) is 10.4. The number of hydrogen-bond acceptors (Lipinski definition) is 7. The Balaban J connectivity index is 1.43. The Morgan fingerprint density at radius 1 is 1.13 bits per heavy atom. The Morgan fingerprint density at radius 3 is 2.63 bits per heavy atom. The molecule has 7 rings (SSSR count). The lowest BCUT2D eigenvalue weighted by Crippen LogP contribution is -2.57. The zero-order chi connectivity index (χ0) is 32.4. The second kappa shape index (κ2) is 11.9. The van der Waals surface area contributed by atoms with Crippen LogP contribution in [-0.4, -0.2) is 93.3 Å². The molecule has 0 spiro atoms. The van der Waals surface area contributed by atoms with Crippen molar-refractivity contribution < 1.29 is 8.78 Å². The number of nitrogens with one attached hydrogen (secondary N) is 1. The largest absolute Gasteiger partial charge is 0.353 e. The van der Waals surface area contributed by atoms with E-state index in [1.165, 1.54) is 0 Å². The molecule has 2 aliphatic rings. The number of piperidine rings is 1. The van der Waals surface area contributed by atoms with Gasteiger partial charge in [-0.25, -0.2) is 13.8 Å². The van der Waals surface area contributed by atoms with E-state index in [1.54, 1.807) is 25.3 Å². The second-order valence-electron chi connectivity index (χ2n) is 12.9. The first-order valence-electron chi connectivity index (χ1n) is 15.5. The first kappa shape index (κ1) is 31.1. The smallest absolute Gasteiger partial charge is 0.158 e.